The zero-order chi connectivity index (χ0) is 42.2. The summed E-state index contributed by atoms with van der Waals surface area (Å²) in [5, 5.41) is 4.63. The molecule has 4 aliphatic rings. The van der Waals surface area contributed by atoms with E-state index in [1.54, 1.807) is 0 Å². The molecular weight excluding hydrogens is 811 g/mol. The summed E-state index contributed by atoms with van der Waals surface area (Å²) in [6.45, 7) is 0. The highest BCUT2D eigenvalue weighted by Crippen LogP contribution is 2.67. The molecule has 3 aliphatic carbocycles. The van der Waals surface area contributed by atoms with Crippen LogP contribution in [0.4, 0.5) is 0 Å². The van der Waals surface area contributed by atoms with Gasteiger partial charge in [-0.25, -0.2) is 0 Å². The van der Waals surface area contributed by atoms with Crippen molar-refractivity contribution in [3.05, 3.63) is 245 Å². The summed E-state index contributed by atoms with van der Waals surface area (Å²) in [6.07, 6.45) is 3.98. The molecule has 4 aromatic heterocycles. The van der Waals surface area contributed by atoms with Crippen LogP contribution in [0.15, 0.2) is 215 Å². The zero-order valence-electron chi connectivity index (χ0n) is 34.7. The van der Waals surface area contributed by atoms with Crippen molar-refractivity contribution in [3.8, 4) is 39.3 Å². The molecule has 16 rings (SSSR count). The van der Waals surface area contributed by atoms with Crippen LogP contribution in [-0.4, -0.2) is 14.5 Å². The minimum absolute atomic E-state index is 0.442. The smallest absolute Gasteiger partial charge is 0.136 e. The molecule has 65 heavy (non-hydrogen) atoms. The number of para-hydroxylation sites is 2. The molecule has 0 fully saturated rings. The quantitative estimate of drug-likeness (QED) is 0.165. The number of rotatable bonds is 1. The molecule has 2 spiro atoms. The predicted molar refractivity (Wildman–Crippen MR) is 261 cm³/mol. The molecule has 1 aliphatic heterocycles. The maximum absolute atomic E-state index is 6.45. The van der Waals surface area contributed by atoms with Crippen LogP contribution < -0.4 is 0 Å². The highest BCUT2D eigenvalue weighted by molar-refractivity contribution is 7.99. The van der Waals surface area contributed by atoms with E-state index >= 15 is 0 Å². The van der Waals surface area contributed by atoms with Crippen molar-refractivity contribution in [3.63, 3.8) is 0 Å². The van der Waals surface area contributed by atoms with E-state index in [1.807, 2.05) is 24.0 Å². The Labute approximate surface area is 377 Å². The van der Waals surface area contributed by atoms with Gasteiger partial charge in [-0.1, -0.05) is 145 Å². The van der Waals surface area contributed by atoms with E-state index in [2.05, 4.69) is 193 Å². The van der Waals surface area contributed by atoms with Crippen LogP contribution in [0.5, 0.6) is 0 Å². The lowest BCUT2D eigenvalue weighted by Crippen LogP contribution is -2.33. The summed E-state index contributed by atoms with van der Waals surface area (Å²) in [5.74, 6) is 0. The average Bonchev–Trinajstić information content (AvgIpc) is 4.14. The molecule has 12 aromatic rings. The van der Waals surface area contributed by atoms with Gasteiger partial charge in [0.25, 0.3) is 0 Å². The molecule has 5 heteroatoms. The van der Waals surface area contributed by atoms with E-state index < -0.39 is 10.8 Å². The third-order valence-electron chi connectivity index (χ3n) is 15.2. The fourth-order valence-corrected chi connectivity index (χ4v) is 14.1. The molecular formula is C60H33N3OS. The summed E-state index contributed by atoms with van der Waals surface area (Å²) in [5.41, 5.74) is 21.2. The van der Waals surface area contributed by atoms with Crippen molar-refractivity contribution in [1.29, 1.82) is 0 Å². The van der Waals surface area contributed by atoms with Crippen LogP contribution in [0.25, 0.3) is 83.1 Å². The first-order valence-corrected chi connectivity index (χ1v) is 23.1. The molecule has 0 saturated heterocycles. The molecule has 4 nitrogen and oxygen atoms in total. The predicted octanol–water partition coefficient (Wildman–Crippen LogP) is 14.6. The van der Waals surface area contributed by atoms with Gasteiger partial charge in [-0.3, -0.25) is 9.97 Å². The second kappa shape index (κ2) is 12.0. The summed E-state index contributed by atoms with van der Waals surface area (Å²) in [4.78, 5) is 13.2. The van der Waals surface area contributed by atoms with Crippen molar-refractivity contribution in [2.24, 2.45) is 0 Å². The van der Waals surface area contributed by atoms with Crippen LogP contribution in [-0.2, 0) is 10.8 Å². The first-order valence-electron chi connectivity index (χ1n) is 22.3. The molecule has 8 aromatic carbocycles. The number of benzene rings is 8. The van der Waals surface area contributed by atoms with Crippen molar-refractivity contribution in [2.45, 2.75) is 20.6 Å². The van der Waals surface area contributed by atoms with Crippen LogP contribution >= 0.6 is 11.8 Å². The fourth-order valence-electron chi connectivity index (χ4n) is 12.9. The topological polar surface area (TPSA) is 43.9 Å². The van der Waals surface area contributed by atoms with Crippen LogP contribution in [0.1, 0.15) is 44.5 Å². The highest BCUT2D eigenvalue weighted by atomic mass is 32.2. The summed E-state index contributed by atoms with van der Waals surface area (Å²) in [6, 6.07) is 69.8. The Balaban J connectivity index is 1.02. The second-order valence-corrected chi connectivity index (χ2v) is 19.0. The van der Waals surface area contributed by atoms with E-state index in [1.165, 1.54) is 81.8 Å². The number of nitrogens with zero attached hydrogens (tertiary/aromatic N) is 3. The molecule has 300 valence electrons. The number of pyridine rings is 2. The molecule has 1 unspecified atom stereocenters. The van der Waals surface area contributed by atoms with E-state index in [-0.39, 0.29) is 0 Å². The van der Waals surface area contributed by atoms with Gasteiger partial charge in [-0.05, 0) is 116 Å². The largest absolute Gasteiger partial charge is 0.456 e. The second-order valence-electron chi connectivity index (χ2n) is 17.9. The van der Waals surface area contributed by atoms with Crippen molar-refractivity contribution in [1.82, 2.24) is 14.5 Å². The van der Waals surface area contributed by atoms with Crippen LogP contribution in [0, 0.1) is 0 Å². The third kappa shape index (κ3) is 3.96. The van der Waals surface area contributed by atoms with Gasteiger partial charge in [0.2, 0.25) is 0 Å². The molecule has 5 heterocycles. The highest BCUT2D eigenvalue weighted by Gasteiger charge is 2.56. The Morgan fingerprint density at radius 1 is 0.400 bits per heavy atom. The fraction of sp³-hybridized carbons (Fsp3) is 0.0333. The molecule has 0 N–H and O–H groups in total. The summed E-state index contributed by atoms with van der Waals surface area (Å²) < 4.78 is 8.86. The number of hydrogen-bond donors (Lipinski definition) is 0. The SMILES string of the molecule is c1ccc2c(c1)Sc1cc3c(cc1C21c2cccnc2-c2ncc(-n4c5ccccc5c5c6c(ccc54)oc4ccccc46)cc21)-c1ccccc1C31c2ccccc2-c2ccccc21. The van der Waals surface area contributed by atoms with Gasteiger partial charge in [-0.15, -0.1) is 0 Å². The van der Waals surface area contributed by atoms with Gasteiger partial charge in [0.1, 0.15) is 11.2 Å². The normalized spacial score (nSPS) is 16.4. The maximum atomic E-state index is 6.45. The maximum Gasteiger partial charge on any atom is 0.136 e. The number of hydrogen-bond acceptors (Lipinski definition) is 4. The Morgan fingerprint density at radius 2 is 1.03 bits per heavy atom. The molecule has 0 saturated carbocycles. The van der Waals surface area contributed by atoms with Crippen molar-refractivity contribution >= 4 is 55.5 Å². The van der Waals surface area contributed by atoms with Gasteiger partial charge in [0, 0.05) is 43.1 Å². The summed E-state index contributed by atoms with van der Waals surface area (Å²) in [7, 11) is 0. The van der Waals surface area contributed by atoms with Crippen LogP contribution in [0.2, 0.25) is 0 Å². The van der Waals surface area contributed by atoms with Gasteiger partial charge in [-0.2, -0.15) is 0 Å². The van der Waals surface area contributed by atoms with E-state index in [9.17, 15) is 0 Å². The first kappa shape index (κ1) is 34.5. The average molecular weight is 844 g/mol. The van der Waals surface area contributed by atoms with E-state index in [4.69, 9.17) is 14.4 Å². The zero-order valence-corrected chi connectivity index (χ0v) is 35.5. The molecule has 0 bridgehead atoms. The monoisotopic (exact) mass is 843 g/mol. The number of fused-ring (bicyclic) bond motifs is 26. The minimum atomic E-state index is -0.697. The third-order valence-corrected chi connectivity index (χ3v) is 16.3. The van der Waals surface area contributed by atoms with Crippen LogP contribution in [0.3, 0.4) is 0 Å². The molecule has 0 amide bonds. The Kier molecular flexibility index (Phi) is 6.35. The lowest BCUT2D eigenvalue weighted by atomic mass is 9.66. The van der Waals surface area contributed by atoms with Crippen molar-refractivity contribution < 1.29 is 4.42 Å². The van der Waals surface area contributed by atoms with E-state index in [0.29, 0.717) is 0 Å². The van der Waals surface area contributed by atoms with Gasteiger partial charge < -0.3 is 8.98 Å². The Bertz CT molecular complexity index is 4090. The van der Waals surface area contributed by atoms with Gasteiger partial charge in [0.15, 0.2) is 0 Å². The summed E-state index contributed by atoms with van der Waals surface area (Å²) >= 11 is 1.90. The number of aromatic nitrogens is 3. The Morgan fingerprint density at radius 3 is 1.83 bits per heavy atom. The van der Waals surface area contributed by atoms with Gasteiger partial charge in [0.05, 0.1) is 45.1 Å². The Hall–Kier alpha value is -7.99. The lowest BCUT2D eigenvalue weighted by molar-refractivity contribution is 0.669. The number of furan rings is 1. The molecule has 1 atom stereocenters. The first-order chi connectivity index (χ1) is 32.2. The van der Waals surface area contributed by atoms with E-state index in [0.717, 1.165) is 55.6 Å². The van der Waals surface area contributed by atoms with Gasteiger partial charge >= 0.3 is 0 Å². The van der Waals surface area contributed by atoms with Crippen molar-refractivity contribution in [2.75, 3.05) is 0 Å². The minimum Gasteiger partial charge on any atom is -0.456 e. The standard InChI is InChI=1S/C60H33N3OS/c1-6-19-41-35(14-1)36-15-2-7-20-42(36)59(41)43-21-8-3-16-37(43)40-31-47-54(32-46(40)59)65-53-26-12-9-22-44(53)60(47)45-23-13-29-61-57(45)58-48(60)30-34(33-62-58)63-49-24-10-4-17-38(49)55-50(63)27-28-52-56(55)39-18-5-11-25-51(39)64-52/h1-33H. The lowest BCUT2D eigenvalue weighted by Gasteiger charge is -2.40. The molecule has 0 radical (unpaired) electrons.